The Morgan fingerprint density at radius 3 is 2.21 bits per heavy atom. The third-order valence-corrected chi connectivity index (χ3v) is 7.44. The van der Waals surface area contributed by atoms with Gasteiger partial charge in [0.1, 0.15) is 12.4 Å². The normalized spacial score (nSPS) is 10.9. The Morgan fingerprint density at radius 2 is 1.59 bits per heavy atom. The summed E-state index contributed by atoms with van der Waals surface area (Å²) in [4.78, 5) is 33.5. The van der Waals surface area contributed by atoms with Crippen LogP contribution in [0.25, 0.3) is 0 Å². The summed E-state index contributed by atoms with van der Waals surface area (Å²) in [6.45, 7) is 0.652. The van der Waals surface area contributed by atoms with Crippen molar-refractivity contribution in [3.63, 3.8) is 0 Å². The smallest absolute Gasteiger partial charge is 0.461 e. The van der Waals surface area contributed by atoms with Gasteiger partial charge in [0.15, 0.2) is 0 Å². The number of carbonyl (C=O) groups is 2. The van der Waals surface area contributed by atoms with Crippen LogP contribution in [0.5, 0.6) is 5.75 Å². The van der Waals surface area contributed by atoms with Crippen LogP contribution >= 0.6 is 23.2 Å². The topological polar surface area (TPSA) is 142 Å². The summed E-state index contributed by atoms with van der Waals surface area (Å²) in [5.74, 6) is -0.519. The highest BCUT2D eigenvalue weighted by atomic mass is 35.5. The van der Waals surface area contributed by atoms with Crippen molar-refractivity contribution in [3.05, 3.63) is 92.5 Å². The molecule has 14 heteroatoms. The van der Waals surface area contributed by atoms with Gasteiger partial charge in [0, 0.05) is 47.6 Å². The van der Waals surface area contributed by atoms with E-state index in [2.05, 4.69) is 0 Å². The molecule has 0 unspecified atom stereocenters. The Balaban J connectivity index is 1.77. The highest BCUT2D eigenvalue weighted by Crippen LogP contribution is 2.31. The highest BCUT2D eigenvalue weighted by molar-refractivity contribution is 7.92. The first-order valence-electron chi connectivity index (χ1n) is 11.3. The van der Waals surface area contributed by atoms with Gasteiger partial charge >= 0.3 is 12.1 Å². The van der Waals surface area contributed by atoms with Crippen LogP contribution < -0.4 is 9.04 Å². The Morgan fingerprint density at radius 1 is 0.949 bits per heavy atom. The van der Waals surface area contributed by atoms with E-state index in [1.54, 1.807) is 6.07 Å². The fraction of sp³-hybridized carbons (Fsp3) is 0.200. The number of nitrogens with zero attached hydrogens (tertiary/aromatic N) is 2. The Kier molecular flexibility index (Phi) is 10.1. The average molecular weight is 597 g/mol. The number of hydrogen-bond acceptors (Lipinski definition) is 9. The Labute approximate surface area is 234 Å². The highest BCUT2D eigenvalue weighted by Gasteiger charge is 2.27. The summed E-state index contributed by atoms with van der Waals surface area (Å²) in [6.07, 6.45) is -1.03. The largest absolute Gasteiger partial charge is 0.513 e. The third kappa shape index (κ3) is 8.31. The zero-order valence-corrected chi connectivity index (χ0v) is 22.7. The van der Waals surface area contributed by atoms with Gasteiger partial charge in [0.05, 0.1) is 22.1 Å². The van der Waals surface area contributed by atoms with Crippen molar-refractivity contribution >= 4 is 56.7 Å². The summed E-state index contributed by atoms with van der Waals surface area (Å²) in [6, 6.07) is 14.9. The number of non-ortho nitro benzene ring substituents is 1. The fourth-order valence-corrected chi connectivity index (χ4v) is 5.12. The van der Waals surface area contributed by atoms with Crippen LogP contribution in [0, 0.1) is 10.1 Å². The lowest BCUT2D eigenvalue weighted by Gasteiger charge is -2.27. The maximum absolute atomic E-state index is 13.6. The summed E-state index contributed by atoms with van der Waals surface area (Å²) in [5, 5.41) is 11.3. The zero-order chi connectivity index (χ0) is 28.6. The maximum atomic E-state index is 13.6. The first-order chi connectivity index (χ1) is 18.5. The van der Waals surface area contributed by atoms with E-state index >= 15 is 0 Å². The van der Waals surface area contributed by atoms with Gasteiger partial charge in [-0.1, -0.05) is 29.3 Å². The summed E-state index contributed by atoms with van der Waals surface area (Å²) < 4.78 is 43.5. The molecular weight excluding hydrogens is 575 g/mol. The van der Waals surface area contributed by atoms with Crippen LogP contribution in [0.3, 0.4) is 0 Å². The summed E-state index contributed by atoms with van der Waals surface area (Å²) in [7, 11) is -4.16. The van der Waals surface area contributed by atoms with Crippen LogP contribution in [0.4, 0.5) is 16.2 Å². The van der Waals surface area contributed by atoms with Crippen molar-refractivity contribution in [2.75, 3.05) is 17.5 Å². The van der Waals surface area contributed by atoms with Crippen molar-refractivity contribution in [1.29, 1.82) is 0 Å². The van der Waals surface area contributed by atoms with Crippen molar-refractivity contribution in [2.45, 2.75) is 24.8 Å². The average Bonchev–Trinajstić information content (AvgIpc) is 2.88. The van der Waals surface area contributed by atoms with E-state index < -0.39 is 27.1 Å². The first-order valence-corrected chi connectivity index (χ1v) is 13.5. The molecule has 0 N–H and O–H groups in total. The Bertz CT molecular complexity index is 1450. The van der Waals surface area contributed by atoms with Crippen LogP contribution in [-0.2, 0) is 30.9 Å². The lowest BCUT2D eigenvalue weighted by atomic mass is 10.2. The molecule has 0 atom stereocenters. The zero-order valence-electron chi connectivity index (χ0n) is 20.4. The monoisotopic (exact) mass is 596 g/mol. The van der Waals surface area contributed by atoms with Gasteiger partial charge in [0.2, 0.25) is 0 Å². The standard InChI is InChI=1S/C25H22Cl2N2O9S/c1-17(30)37-16-18-3-4-20(27)15-24(18)28(39(34,35)23-11-5-19(26)6-12-23)13-2-14-36-25(31)38-22-9-7-21(8-10-22)29(32)33/h3-12,15H,2,13-14,16H2,1H3. The maximum Gasteiger partial charge on any atom is 0.513 e. The molecule has 0 heterocycles. The molecule has 0 radical (unpaired) electrons. The minimum atomic E-state index is -4.16. The molecule has 0 amide bonds. The molecule has 39 heavy (non-hydrogen) atoms. The van der Waals surface area contributed by atoms with E-state index in [-0.39, 0.29) is 53.2 Å². The quantitative estimate of drug-likeness (QED) is 0.0886. The van der Waals surface area contributed by atoms with E-state index in [0.717, 1.165) is 4.31 Å². The van der Waals surface area contributed by atoms with Crippen molar-refractivity contribution in [1.82, 2.24) is 0 Å². The number of sulfonamides is 1. The molecule has 11 nitrogen and oxygen atoms in total. The molecule has 0 saturated heterocycles. The summed E-state index contributed by atoms with van der Waals surface area (Å²) >= 11 is 12.1. The second-order valence-electron chi connectivity index (χ2n) is 7.89. The summed E-state index contributed by atoms with van der Waals surface area (Å²) in [5.41, 5.74) is 0.379. The van der Waals surface area contributed by atoms with Crippen LogP contribution in [-0.4, -0.2) is 38.6 Å². The minimum absolute atomic E-state index is 0.0339. The Hall–Kier alpha value is -3.87. The second kappa shape index (κ2) is 13.3. The van der Waals surface area contributed by atoms with E-state index in [1.165, 1.54) is 67.6 Å². The molecule has 0 bridgehead atoms. The number of hydrogen-bond donors (Lipinski definition) is 0. The molecule has 3 aromatic rings. The van der Waals surface area contributed by atoms with E-state index in [4.69, 9.17) is 37.4 Å². The number of anilines is 1. The molecule has 0 spiro atoms. The van der Waals surface area contributed by atoms with Gasteiger partial charge in [-0.15, -0.1) is 0 Å². The molecule has 0 fully saturated rings. The number of carbonyl (C=O) groups excluding carboxylic acids is 2. The fourth-order valence-electron chi connectivity index (χ4n) is 3.30. The van der Waals surface area contributed by atoms with E-state index in [0.29, 0.717) is 10.6 Å². The first kappa shape index (κ1) is 29.7. The second-order valence-corrected chi connectivity index (χ2v) is 10.6. The number of rotatable bonds is 11. The molecule has 0 aromatic heterocycles. The van der Waals surface area contributed by atoms with Gasteiger partial charge in [-0.2, -0.15) is 0 Å². The van der Waals surface area contributed by atoms with Gasteiger partial charge in [-0.3, -0.25) is 19.2 Å². The molecule has 3 rings (SSSR count). The number of ether oxygens (including phenoxy) is 3. The van der Waals surface area contributed by atoms with Crippen LogP contribution in [0.2, 0.25) is 10.0 Å². The number of nitro groups is 1. The lowest BCUT2D eigenvalue weighted by molar-refractivity contribution is -0.384. The number of nitro benzene ring substituents is 1. The van der Waals surface area contributed by atoms with Crippen molar-refractivity contribution in [2.24, 2.45) is 0 Å². The predicted octanol–water partition coefficient (Wildman–Crippen LogP) is 5.77. The van der Waals surface area contributed by atoms with Gasteiger partial charge in [0.25, 0.3) is 15.7 Å². The lowest BCUT2D eigenvalue weighted by Crippen LogP contribution is -2.33. The molecule has 0 saturated carbocycles. The molecular formula is C25H22Cl2N2O9S. The molecule has 206 valence electrons. The van der Waals surface area contributed by atoms with Gasteiger partial charge < -0.3 is 14.2 Å². The van der Waals surface area contributed by atoms with Crippen molar-refractivity contribution in [3.8, 4) is 5.75 Å². The van der Waals surface area contributed by atoms with Gasteiger partial charge in [-0.25, -0.2) is 13.2 Å². The molecule has 3 aromatic carbocycles. The van der Waals surface area contributed by atoms with E-state index in [9.17, 15) is 28.1 Å². The van der Waals surface area contributed by atoms with E-state index in [1.807, 2.05) is 0 Å². The van der Waals surface area contributed by atoms with Crippen molar-refractivity contribution < 1.29 is 37.1 Å². The van der Waals surface area contributed by atoms with Crippen LogP contribution in [0.15, 0.2) is 71.6 Å². The number of halogens is 2. The number of esters is 1. The molecule has 0 aliphatic carbocycles. The van der Waals surface area contributed by atoms with Gasteiger partial charge in [-0.05, 0) is 48.5 Å². The SMILES string of the molecule is CC(=O)OCc1ccc(Cl)cc1N(CCCOC(=O)Oc1ccc([N+](=O)[O-])cc1)S(=O)(=O)c1ccc(Cl)cc1. The minimum Gasteiger partial charge on any atom is -0.461 e. The molecule has 0 aliphatic heterocycles. The third-order valence-electron chi connectivity index (χ3n) is 5.12. The predicted molar refractivity (Wildman–Crippen MR) is 143 cm³/mol. The number of benzene rings is 3. The van der Waals surface area contributed by atoms with Crippen LogP contribution in [0.1, 0.15) is 18.9 Å². The molecule has 0 aliphatic rings.